The lowest BCUT2D eigenvalue weighted by atomic mass is 9.89. The maximum absolute atomic E-state index is 12.2. The molecule has 1 aromatic rings. The van der Waals surface area contributed by atoms with Gasteiger partial charge >= 0.3 is 0 Å². The van der Waals surface area contributed by atoms with Crippen molar-refractivity contribution in [1.29, 1.82) is 0 Å². The van der Waals surface area contributed by atoms with Gasteiger partial charge in [0.2, 0.25) is 5.91 Å². The van der Waals surface area contributed by atoms with Gasteiger partial charge in [0.05, 0.1) is 6.54 Å². The Morgan fingerprint density at radius 3 is 2.71 bits per heavy atom. The molecule has 1 N–H and O–H groups in total. The van der Waals surface area contributed by atoms with E-state index in [0.717, 1.165) is 32.0 Å². The quantitative estimate of drug-likeness (QED) is 0.876. The maximum atomic E-state index is 12.2. The van der Waals surface area contributed by atoms with Gasteiger partial charge in [-0.25, -0.2) is 4.68 Å². The summed E-state index contributed by atoms with van der Waals surface area (Å²) in [5.41, 5.74) is 0. The summed E-state index contributed by atoms with van der Waals surface area (Å²) < 4.78 is 1.84. The van der Waals surface area contributed by atoms with E-state index in [2.05, 4.69) is 20.8 Å². The summed E-state index contributed by atoms with van der Waals surface area (Å²) in [5.74, 6) is 1.66. The number of nitrogens with one attached hydrogen (secondary N) is 1. The Bertz CT molecular complexity index is 462. The van der Waals surface area contributed by atoms with Crippen LogP contribution in [0, 0.1) is 0 Å². The first-order valence-electron chi connectivity index (χ1n) is 8.09. The van der Waals surface area contributed by atoms with Crippen LogP contribution in [0.2, 0.25) is 0 Å². The second-order valence-corrected chi connectivity index (χ2v) is 5.98. The number of hydrogen-bond acceptors (Lipinski definition) is 5. The first kappa shape index (κ1) is 14.4. The fraction of sp³-hybridized carbons (Fsp3) is 0.857. The first-order chi connectivity index (χ1) is 10.3. The molecule has 0 bridgehead atoms. The van der Waals surface area contributed by atoms with E-state index in [4.69, 9.17) is 0 Å². The molecule has 1 saturated carbocycles. The van der Waals surface area contributed by atoms with Crippen molar-refractivity contribution in [3.05, 3.63) is 5.82 Å². The molecule has 7 heteroatoms. The van der Waals surface area contributed by atoms with E-state index in [1.807, 2.05) is 9.58 Å². The first-order valence-corrected chi connectivity index (χ1v) is 8.09. The summed E-state index contributed by atoms with van der Waals surface area (Å²) in [6.45, 7) is 4.00. The molecule has 1 amide bonds. The van der Waals surface area contributed by atoms with E-state index < -0.39 is 0 Å². The molecule has 1 aliphatic heterocycles. The molecule has 0 unspecified atom stereocenters. The Morgan fingerprint density at radius 1 is 1.19 bits per heavy atom. The van der Waals surface area contributed by atoms with Crippen LogP contribution in [0.25, 0.3) is 0 Å². The van der Waals surface area contributed by atoms with Crippen LogP contribution in [0.5, 0.6) is 0 Å². The number of hydrogen-bond donors (Lipinski definition) is 1. The third-order valence-electron chi connectivity index (χ3n) is 4.54. The number of aryl methyl sites for hydroxylation is 1. The minimum absolute atomic E-state index is 0.210. The van der Waals surface area contributed by atoms with Gasteiger partial charge in [0.25, 0.3) is 0 Å². The van der Waals surface area contributed by atoms with Crippen LogP contribution in [-0.2, 0) is 11.3 Å². The van der Waals surface area contributed by atoms with Crippen LogP contribution in [0.1, 0.15) is 50.3 Å². The third-order valence-corrected chi connectivity index (χ3v) is 4.54. The van der Waals surface area contributed by atoms with Crippen molar-refractivity contribution in [2.75, 3.05) is 26.2 Å². The highest BCUT2D eigenvalue weighted by molar-refractivity contribution is 5.76. The zero-order chi connectivity index (χ0) is 14.5. The van der Waals surface area contributed by atoms with Crippen molar-refractivity contribution < 1.29 is 4.79 Å². The van der Waals surface area contributed by atoms with Gasteiger partial charge in [0.15, 0.2) is 5.82 Å². The molecule has 2 aliphatic rings. The largest absolute Gasteiger partial charge is 0.340 e. The van der Waals surface area contributed by atoms with Gasteiger partial charge in [0.1, 0.15) is 0 Å². The standard InChI is InChI=1S/C14H24N6O/c21-13(19-10-7-15-8-11-19)6-9-20-14(16-17-18-20)12-4-2-1-3-5-12/h12,15H,1-11H2. The Morgan fingerprint density at radius 2 is 1.95 bits per heavy atom. The molecule has 116 valence electrons. The number of tetrazole rings is 1. The lowest BCUT2D eigenvalue weighted by molar-refractivity contribution is -0.132. The normalized spacial score (nSPS) is 20.7. The third kappa shape index (κ3) is 3.58. The molecule has 2 fully saturated rings. The summed E-state index contributed by atoms with van der Waals surface area (Å²) in [7, 11) is 0. The van der Waals surface area contributed by atoms with Crippen LogP contribution >= 0.6 is 0 Å². The second kappa shape index (κ2) is 6.98. The van der Waals surface area contributed by atoms with Crippen molar-refractivity contribution >= 4 is 5.91 Å². The second-order valence-electron chi connectivity index (χ2n) is 5.98. The van der Waals surface area contributed by atoms with Gasteiger partial charge in [-0.1, -0.05) is 19.3 Å². The van der Waals surface area contributed by atoms with Crippen LogP contribution < -0.4 is 5.32 Å². The molecule has 0 radical (unpaired) electrons. The molecule has 21 heavy (non-hydrogen) atoms. The highest BCUT2D eigenvalue weighted by Crippen LogP contribution is 2.30. The summed E-state index contributed by atoms with van der Waals surface area (Å²) in [6, 6.07) is 0. The fourth-order valence-corrected chi connectivity index (χ4v) is 3.30. The number of nitrogens with zero attached hydrogens (tertiary/aromatic N) is 5. The van der Waals surface area contributed by atoms with Crippen LogP contribution in [0.15, 0.2) is 0 Å². The van der Waals surface area contributed by atoms with E-state index in [0.29, 0.717) is 18.9 Å². The van der Waals surface area contributed by atoms with Crippen molar-refractivity contribution in [3.8, 4) is 0 Å². The Balaban J connectivity index is 1.55. The smallest absolute Gasteiger partial charge is 0.224 e. The van der Waals surface area contributed by atoms with E-state index in [-0.39, 0.29) is 5.91 Å². The van der Waals surface area contributed by atoms with Crippen LogP contribution in [-0.4, -0.2) is 57.2 Å². The Labute approximate surface area is 125 Å². The van der Waals surface area contributed by atoms with Gasteiger partial charge in [-0.05, 0) is 23.3 Å². The summed E-state index contributed by atoms with van der Waals surface area (Å²) >= 11 is 0. The van der Waals surface area contributed by atoms with Crippen molar-refractivity contribution in [3.63, 3.8) is 0 Å². The van der Waals surface area contributed by atoms with Crippen LogP contribution in [0.3, 0.4) is 0 Å². The van der Waals surface area contributed by atoms with Gasteiger partial charge in [-0.3, -0.25) is 4.79 Å². The average molecular weight is 292 g/mol. The molecule has 0 spiro atoms. The molecule has 1 aromatic heterocycles. The average Bonchev–Trinajstić information content (AvgIpc) is 3.03. The fourth-order valence-electron chi connectivity index (χ4n) is 3.30. The monoisotopic (exact) mass is 292 g/mol. The molecule has 3 rings (SSSR count). The molecule has 0 aromatic carbocycles. The van der Waals surface area contributed by atoms with E-state index in [1.54, 1.807) is 0 Å². The lowest BCUT2D eigenvalue weighted by Crippen LogP contribution is -2.46. The van der Waals surface area contributed by atoms with E-state index in [1.165, 1.54) is 32.1 Å². The van der Waals surface area contributed by atoms with E-state index >= 15 is 0 Å². The van der Waals surface area contributed by atoms with Gasteiger partial charge in [-0.2, -0.15) is 0 Å². The topological polar surface area (TPSA) is 75.9 Å². The number of carbonyl (C=O) groups is 1. The van der Waals surface area contributed by atoms with Gasteiger partial charge < -0.3 is 10.2 Å². The highest BCUT2D eigenvalue weighted by atomic mass is 16.2. The number of piperazine rings is 1. The van der Waals surface area contributed by atoms with Gasteiger partial charge in [0, 0.05) is 38.5 Å². The minimum atomic E-state index is 0.210. The molecule has 2 heterocycles. The molecule has 1 aliphatic carbocycles. The van der Waals surface area contributed by atoms with Crippen molar-refractivity contribution in [2.24, 2.45) is 0 Å². The predicted octanol–water partition coefficient (Wildman–Crippen LogP) is 0.543. The molecular weight excluding hydrogens is 268 g/mol. The summed E-state index contributed by atoms with van der Waals surface area (Å²) in [6.07, 6.45) is 6.68. The number of rotatable bonds is 4. The zero-order valence-corrected chi connectivity index (χ0v) is 12.5. The zero-order valence-electron chi connectivity index (χ0n) is 12.5. The number of aromatic nitrogens is 4. The molecular formula is C14H24N6O. The molecule has 0 atom stereocenters. The summed E-state index contributed by atoms with van der Waals surface area (Å²) in [4.78, 5) is 14.1. The van der Waals surface area contributed by atoms with Gasteiger partial charge in [-0.15, -0.1) is 5.10 Å². The van der Waals surface area contributed by atoms with E-state index in [9.17, 15) is 4.79 Å². The number of carbonyl (C=O) groups excluding carboxylic acids is 1. The highest BCUT2D eigenvalue weighted by Gasteiger charge is 2.22. The molecule has 1 saturated heterocycles. The maximum Gasteiger partial charge on any atom is 0.224 e. The Kier molecular flexibility index (Phi) is 4.80. The SMILES string of the molecule is O=C(CCn1nnnc1C1CCCCC1)N1CCNCC1. The number of amides is 1. The Hall–Kier alpha value is -1.50. The van der Waals surface area contributed by atoms with Crippen molar-refractivity contribution in [2.45, 2.75) is 51.0 Å². The minimum Gasteiger partial charge on any atom is -0.340 e. The van der Waals surface area contributed by atoms with Crippen molar-refractivity contribution in [1.82, 2.24) is 30.4 Å². The predicted molar refractivity (Wildman–Crippen MR) is 77.7 cm³/mol. The summed E-state index contributed by atoms with van der Waals surface area (Å²) in [5, 5.41) is 15.4. The van der Waals surface area contributed by atoms with Crippen LogP contribution in [0.4, 0.5) is 0 Å². The lowest BCUT2D eigenvalue weighted by Gasteiger charge is -2.27. The molecule has 7 nitrogen and oxygen atoms in total.